The Bertz CT molecular complexity index is 366. The van der Waals surface area contributed by atoms with Crippen molar-refractivity contribution in [2.45, 2.75) is 19.9 Å². The molecule has 17 heavy (non-hydrogen) atoms. The summed E-state index contributed by atoms with van der Waals surface area (Å²) in [7, 11) is 0. The van der Waals surface area contributed by atoms with Crippen molar-refractivity contribution in [2.24, 2.45) is 0 Å². The maximum atomic E-state index is 12.3. The maximum Gasteiger partial charge on any atom is 0.270 e. The van der Waals surface area contributed by atoms with Crippen molar-refractivity contribution in [1.82, 2.24) is 9.47 Å². The van der Waals surface area contributed by atoms with Gasteiger partial charge in [0.05, 0.1) is 13.2 Å². The largest absolute Gasteiger partial charge is 0.395 e. The van der Waals surface area contributed by atoms with Crippen LogP contribution in [0.25, 0.3) is 0 Å². The summed E-state index contributed by atoms with van der Waals surface area (Å²) in [6.45, 7) is 1.77. The molecule has 1 amide bonds. The monoisotopic (exact) mass is 246 g/mol. The van der Waals surface area contributed by atoms with Crippen molar-refractivity contribution in [3.05, 3.63) is 24.0 Å². The number of halogens is 2. The van der Waals surface area contributed by atoms with E-state index in [1.807, 2.05) is 0 Å². The Morgan fingerprint density at radius 1 is 1.59 bits per heavy atom. The molecule has 4 nitrogen and oxygen atoms in total. The summed E-state index contributed by atoms with van der Waals surface area (Å²) >= 11 is 0. The minimum Gasteiger partial charge on any atom is -0.395 e. The number of amides is 1. The molecule has 1 heterocycles. The highest BCUT2D eigenvalue weighted by Crippen LogP contribution is 2.09. The molecule has 1 aromatic rings. The summed E-state index contributed by atoms with van der Waals surface area (Å²) in [5.74, 6) is -0.341. The Labute approximate surface area is 98.5 Å². The van der Waals surface area contributed by atoms with Gasteiger partial charge in [-0.05, 0) is 19.1 Å². The molecule has 0 radical (unpaired) electrons. The van der Waals surface area contributed by atoms with Gasteiger partial charge in [0.2, 0.25) is 0 Å². The van der Waals surface area contributed by atoms with E-state index in [-0.39, 0.29) is 24.8 Å². The van der Waals surface area contributed by atoms with E-state index in [1.165, 1.54) is 21.7 Å². The van der Waals surface area contributed by atoms with Gasteiger partial charge in [0.1, 0.15) is 5.69 Å². The summed E-state index contributed by atoms with van der Waals surface area (Å²) < 4.78 is 25.8. The summed E-state index contributed by atoms with van der Waals surface area (Å²) in [6.07, 6.45) is -1.05. The molecule has 0 fully saturated rings. The smallest absolute Gasteiger partial charge is 0.270 e. The summed E-state index contributed by atoms with van der Waals surface area (Å²) in [6, 6.07) is 3.06. The average Bonchev–Trinajstić information content (AvgIpc) is 2.72. The normalized spacial score (nSPS) is 10.9. The van der Waals surface area contributed by atoms with Crippen molar-refractivity contribution < 1.29 is 18.7 Å². The Hall–Kier alpha value is -1.43. The number of aliphatic hydroxyl groups excluding tert-OH is 1. The Morgan fingerprint density at radius 2 is 2.29 bits per heavy atom. The van der Waals surface area contributed by atoms with Gasteiger partial charge in [0, 0.05) is 19.3 Å². The second kappa shape index (κ2) is 6.34. The number of carbonyl (C=O) groups is 1. The second-order valence-corrected chi connectivity index (χ2v) is 3.55. The lowest BCUT2D eigenvalue weighted by Crippen LogP contribution is -2.34. The van der Waals surface area contributed by atoms with E-state index in [9.17, 15) is 13.6 Å². The molecule has 1 rings (SSSR count). The fraction of sp³-hybridized carbons (Fsp3) is 0.545. The van der Waals surface area contributed by atoms with Crippen molar-refractivity contribution in [1.29, 1.82) is 0 Å². The first-order valence-corrected chi connectivity index (χ1v) is 5.43. The van der Waals surface area contributed by atoms with Gasteiger partial charge >= 0.3 is 0 Å². The zero-order chi connectivity index (χ0) is 12.8. The number of carbonyl (C=O) groups excluding carboxylic acids is 1. The number of likely N-dealkylation sites (N-methyl/N-ethyl adjacent to an activating group) is 1. The molecule has 1 aromatic heterocycles. The first-order chi connectivity index (χ1) is 8.10. The predicted octanol–water partition coefficient (Wildman–Crippen LogP) is 1.21. The van der Waals surface area contributed by atoms with Crippen LogP contribution >= 0.6 is 0 Å². The minimum absolute atomic E-state index is 0.144. The highest BCUT2D eigenvalue weighted by molar-refractivity contribution is 5.92. The second-order valence-electron chi connectivity index (χ2n) is 3.55. The third-order valence-electron chi connectivity index (χ3n) is 2.42. The van der Waals surface area contributed by atoms with Crippen LogP contribution in [0.15, 0.2) is 18.3 Å². The molecule has 0 aliphatic rings. The van der Waals surface area contributed by atoms with Crippen LogP contribution in [0.1, 0.15) is 17.4 Å². The number of nitrogens with zero attached hydrogens (tertiary/aromatic N) is 2. The fourth-order valence-corrected chi connectivity index (χ4v) is 1.60. The summed E-state index contributed by atoms with van der Waals surface area (Å²) in [5, 5.41) is 8.81. The Kier molecular flexibility index (Phi) is 5.09. The lowest BCUT2D eigenvalue weighted by atomic mass is 10.3. The fourth-order valence-electron chi connectivity index (χ4n) is 1.60. The first kappa shape index (κ1) is 13.6. The Morgan fingerprint density at radius 3 is 2.82 bits per heavy atom. The van der Waals surface area contributed by atoms with Crippen molar-refractivity contribution in [2.75, 3.05) is 19.7 Å². The quantitative estimate of drug-likeness (QED) is 0.820. The maximum absolute atomic E-state index is 12.3. The average molecular weight is 246 g/mol. The topological polar surface area (TPSA) is 45.5 Å². The van der Waals surface area contributed by atoms with Gasteiger partial charge in [-0.2, -0.15) is 0 Å². The predicted molar refractivity (Wildman–Crippen MR) is 59.1 cm³/mol. The van der Waals surface area contributed by atoms with Gasteiger partial charge in [0.15, 0.2) is 0 Å². The molecular weight excluding hydrogens is 230 g/mol. The van der Waals surface area contributed by atoms with Crippen molar-refractivity contribution in [3.63, 3.8) is 0 Å². The van der Waals surface area contributed by atoms with Crippen LogP contribution in [0.2, 0.25) is 0 Å². The molecule has 96 valence electrons. The lowest BCUT2D eigenvalue weighted by Gasteiger charge is -2.20. The molecule has 0 unspecified atom stereocenters. The summed E-state index contributed by atoms with van der Waals surface area (Å²) in [5.41, 5.74) is 0.223. The molecule has 0 atom stereocenters. The van der Waals surface area contributed by atoms with Gasteiger partial charge in [-0.25, -0.2) is 8.78 Å². The van der Waals surface area contributed by atoms with E-state index in [1.54, 1.807) is 13.0 Å². The van der Waals surface area contributed by atoms with Crippen LogP contribution in [0.5, 0.6) is 0 Å². The minimum atomic E-state index is -2.50. The molecule has 0 aliphatic carbocycles. The van der Waals surface area contributed by atoms with E-state index in [2.05, 4.69) is 0 Å². The van der Waals surface area contributed by atoms with Crippen LogP contribution in [0.4, 0.5) is 8.78 Å². The Balaban J connectivity index is 2.83. The number of hydrogen-bond donors (Lipinski definition) is 1. The van der Waals surface area contributed by atoms with Crippen molar-refractivity contribution >= 4 is 5.91 Å². The van der Waals surface area contributed by atoms with Crippen LogP contribution in [0, 0.1) is 0 Å². The van der Waals surface area contributed by atoms with E-state index in [4.69, 9.17) is 5.11 Å². The molecule has 0 saturated carbocycles. The van der Waals surface area contributed by atoms with Crippen LogP contribution in [-0.4, -0.2) is 46.6 Å². The summed E-state index contributed by atoms with van der Waals surface area (Å²) in [4.78, 5) is 13.4. The van der Waals surface area contributed by atoms with Crippen LogP contribution in [0.3, 0.4) is 0 Å². The number of alkyl halides is 2. The molecular formula is C11H16F2N2O2. The van der Waals surface area contributed by atoms with Gasteiger partial charge in [-0.3, -0.25) is 4.79 Å². The van der Waals surface area contributed by atoms with E-state index < -0.39 is 13.0 Å². The molecule has 0 saturated heterocycles. The number of aliphatic hydroxyl groups is 1. The van der Waals surface area contributed by atoms with E-state index in [0.29, 0.717) is 6.54 Å². The number of rotatable bonds is 6. The third-order valence-corrected chi connectivity index (χ3v) is 2.42. The lowest BCUT2D eigenvalue weighted by molar-refractivity contribution is 0.0711. The van der Waals surface area contributed by atoms with Gasteiger partial charge < -0.3 is 14.6 Å². The molecule has 6 heteroatoms. The van der Waals surface area contributed by atoms with Gasteiger partial charge in [-0.15, -0.1) is 0 Å². The van der Waals surface area contributed by atoms with Gasteiger partial charge in [-0.1, -0.05) is 0 Å². The van der Waals surface area contributed by atoms with Crippen LogP contribution in [-0.2, 0) is 6.54 Å². The van der Waals surface area contributed by atoms with Gasteiger partial charge in [0.25, 0.3) is 12.3 Å². The van der Waals surface area contributed by atoms with E-state index >= 15 is 0 Å². The number of hydrogen-bond acceptors (Lipinski definition) is 2. The zero-order valence-electron chi connectivity index (χ0n) is 9.64. The standard InChI is InChI=1S/C11H16F2N2O2/c1-2-14(6-7-16)11(17)9-4-3-5-15(9)8-10(12)13/h3-5,10,16H,2,6-8H2,1H3. The molecule has 1 N–H and O–H groups in total. The molecule has 0 spiro atoms. The highest BCUT2D eigenvalue weighted by Gasteiger charge is 2.18. The molecule has 0 aliphatic heterocycles. The SMILES string of the molecule is CCN(CCO)C(=O)c1cccn1CC(F)F. The third kappa shape index (κ3) is 3.52. The number of aromatic nitrogens is 1. The highest BCUT2D eigenvalue weighted by atomic mass is 19.3. The van der Waals surface area contributed by atoms with Crippen molar-refractivity contribution in [3.8, 4) is 0 Å². The molecule has 0 aromatic carbocycles. The zero-order valence-corrected chi connectivity index (χ0v) is 9.64. The first-order valence-electron chi connectivity index (χ1n) is 5.43. The molecule has 0 bridgehead atoms. The van der Waals surface area contributed by atoms with E-state index in [0.717, 1.165) is 0 Å². The van der Waals surface area contributed by atoms with Crippen LogP contribution < -0.4 is 0 Å².